The van der Waals surface area contributed by atoms with Crippen molar-refractivity contribution in [2.24, 2.45) is 5.41 Å². The van der Waals surface area contributed by atoms with Gasteiger partial charge in [-0.25, -0.2) is 0 Å². The van der Waals surface area contributed by atoms with Crippen LogP contribution in [0.3, 0.4) is 0 Å². The molecule has 0 fully saturated rings. The second kappa shape index (κ2) is 9.60. The minimum absolute atomic E-state index is 0.371. The van der Waals surface area contributed by atoms with Gasteiger partial charge in [0.15, 0.2) is 11.5 Å². The van der Waals surface area contributed by atoms with E-state index in [9.17, 15) is 9.59 Å². The number of nitrogens with zero attached hydrogens (tertiary/aromatic N) is 1. The first-order valence-electron chi connectivity index (χ1n) is 9.12. The van der Waals surface area contributed by atoms with Crippen LogP contribution in [0.4, 0.5) is 5.69 Å². The number of carbonyl (C=O) groups is 2. The van der Waals surface area contributed by atoms with Crippen molar-refractivity contribution in [2.45, 2.75) is 20.3 Å². The van der Waals surface area contributed by atoms with E-state index in [-0.39, 0.29) is 5.91 Å². The second-order valence-corrected chi connectivity index (χ2v) is 6.96. The molecular weight excluding hydrogens is 370 g/mol. The quantitative estimate of drug-likeness (QED) is 0.670. The lowest BCUT2D eigenvalue weighted by atomic mass is 9.90. The Morgan fingerprint density at radius 2 is 1.66 bits per heavy atom. The van der Waals surface area contributed by atoms with Crippen LogP contribution >= 0.6 is 0 Å². The number of nitrogens with one attached hydrogen (secondary N) is 2. The van der Waals surface area contributed by atoms with Crippen molar-refractivity contribution in [3.63, 3.8) is 0 Å². The van der Waals surface area contributed by atoms with Crippen molar-refractivity contribution in [3.8, 4) is 17.6 Å². The molecular formula is C22H25N3O4. The average molecular weight is 395 g/mol. The number of hydrogen-bond donors (Lipinski definition) is 2. The van der Waals surface area contributed by atoms with E-state index in [0.717, 1.165) is 5.56 Å². The molecule has 0 aromatic heterocycles. The molecule has 7 nitrogen and oxygen atoms in total. The van der Waals surface area contributed by atoms with E-state index >= 15 is 0 Å². The van der Waals surface area contributed by atoms with Gasteiger partial charge in [0.2, 0.25) is 11.8 Å². The van der Waals surface area contributed by atoms with Crippen molar-refractivity contribution < 1.29 is 19.1 Å². The van der Waals surface area contributed by atoms with E-state index in [2.05, 4.69) is 10.6 Å². The van der Waals surface area contributed by atoms with Crippen molar-refractivity contribution in [3.05, 3.63) is 53.6 Å². The zero-order valence-electron chi connectivity index (χ0n) is 17.0. The fourth-order valence-electron chi connectivity index (χ4n) is 2.60. The second-order valence-electron chi connectivity index (χ2n) is 6.96. The third-order valence-electron chi connectivity index (χ3n) is 4.55. The zero-order valence-corrected chi connectivity index (χ0v) is 17.0. The van der Waals surface area contributed by atoms with Crippen molar-refractivity contribution in [1.29, 1.82) is 5.26 Å². The van der Waals surface area contributed by atoms with E-state index in [4.69, 9.17) is 14.7 Å². The normalized spacial score (nSPS) is 10.6. The molecule has 2 aromatic rings. The van der Waals surface area contributed by atoms with Gasteiger partial charge >= 0.3 is 0 Å². The van der Waals surface area contributed by atoms with Gasteiger partial charge < -0.3 is 20.1 Å². The third kappa shape index (κ3) is 5.48. The summed E-state index contributed by atoms with van der Waals surface area (Å²) in [5.41, 5.74) is 0.740. The molecule has 0 heterocycles. The number of anilines is 1. The number of nitriles is 1. The Hall–Kier alpha value is -3.53. The fraction of sp³-hybridized carbons (Fsp3) is 0.318. The maximum absolute atomic E-state index is 12.6. The first-order chi connectivity index (χ1) is 13.8. The van der Waals surface area contributed by atoms with Gasteiger partial charge in [0.1, 0.15) is 5.41 Å². The number of rotatable bonds is 8. The topological polar surface area (TPSA) is 100 Å². The van der Waals surface area contributed by atoms with Gasteiger partial charge in [-0.1, -0.05) is 6.07 Å². The highest BCUT2D eigenvalue weighted by molar-refractivity contribution is 6.09. The van der Waals surface area contributed by atoms with Gasteiger partial charge in [-0.2, -0.15) is 5.26 Å². The van der Waals surface area contributed by atoms with Gasteiger partial charge in [0.05, 0.1) is 25.9 Å². The van der Waals surface area contributed by atoms with Crippen LogP contribution in [-0.2, 0) is 16.0 Å². The summed E-state index contributed by atoms with van der Waals surface area (Å²) in [6.07, 6.45) is 0.583. The molecule has 0 aliphatic heterocycles. The summed E-state index contributed by atoms with van der Waals surface area (Å²) >= 11 is 0. The summed E-state index contributed by atoms with van der Waals surface area (Å²) in [4.78, 5) is 25.1. The van der Waals surface area contributed by atoms with Gasteiger partial charge in [0.25, 0.3) is 0 Å². The van der Waals surface area contributed by atoms with E-state index in [1.54, 1.807) is 52.3 Å². The Morgan fingerprint density at radius 3 is 2.24 bits per heavy atom. The largest absolute Gasteiger partial charge is 0.493 e. The molecule has 152 valence electrons. The molecule has 0 aliphatic carbocycles. The monoisotopic (exact) mass is 395 g/mol. The highest BCUT2D eigenvalue weighted by Crippen LogP contribution is 2.27. The predicted octanol–water partition coefficient (Wildman–Crippen LogP) is 2.90. The summed E-state index contributed by atoms with van der Waals surface area (Å²) in [7, 11) is 3.14. The van der Waals surface area contributed by atoms with Crippen molar-refractivity contribution in [1.82, 2.24) is 5.32 Å². The minimum atomic E-state index is -1.26. The smallest absolute Gasteiger partial charge is 0.239 e. The van der Waals surface area contributed by atoms with E-state index < -0.39 is 11.3 Å². The van der Waals surface area contributed by atoms with Crippen LogP contribution in [0.25, 0.3) is 0 Å². The number of benzene rings is 2. The Balaban J connectivity index is 1.92. The lowest BCUT2D eigenvalue weighted by Crippen LogP contribution is -2.45. The number of hydrogen-bond acceptors (Lipinski definition) is 5. The lowest BCUT2D eigenvalue weighted by molar-refractivity contribution is -0.138. The Bertz CT molecular complexity index is 915. The highest BCUT2D eigenvalue weighted by atomic mass is 16.5. The standard InChI is InChI=1S/C22H25N3O4/c1-22(2,21(27)25-17-8-5-16(14-23)6-9-17)20(26)24-12-11-15-7-10-18(28-3)19(13-15)29-4/h5-10,13H,11-12H2,1-4H3,(H,24,26)(H,25,27). The van der Waals surface area contributed by atoms with Gasteiger partial charge in [-0.15, -0.1) is 0 Å². The molecule has 0 unspecified atom stereocenters. The summed E-state index contributed by atoms with van der Waals surface area (Å²) in [5, 5.41) is 14.3. The number of amides is 2. The summed E-state index contributed by atoms with van der Waals surface area (Å²) < 4.78 is 10.5. The molecule has 0 radical (unpaired) electrons. The Kier molecular flexibility index (Phi) is 7.21. The molecule has 2 aromatic carbocycles. The SMILES string of the molecule is COc1ccc(CCNC(=O)C(C)(C)C(=O)Nc2ccc(C#N)cc2)cc1OC. The molecule has 2 N–H and O–H groups in total. The van der Waals surface area contributed by atoms with Crippen LogP contribution in [-0.4, -0.2) is 32.6 Å². The van der Waals surface area contributed by atoms with Crippen LogP contribution < -0.4 is 20.1 Å². The number of ether oxygens (including phenoxy) is 2. The average Bonchev–Trinajstić information content (AvgIpc) is 2.73. The number of methoxy groups -OCH3 is 2. The van der Waals surface area contributed by atoms with Crippen LogP contribution in [0, 0.1) is 16.7 Å². The third-order valence-corrected chi connectivity index (χ3v) is 4.55. The zero-order chi connectivity index (χ0) is 21.4. The Morgan fingerprint density at radius 1 is 1.00 bits per heavy atom. The molecule has 2 rings (SSSR count). The van der Waals surface area contributed by atoms with Crippen LogP contribution in [0.15, 0.2) is 42.5 Å². The minimum Gasteiger partial charge on any atom is -0.493 e. The number of carbonyl (C=O) groups excluding carboxylic acids is 2. The molecule has 2 amide bonds. The van der Waals surface area contributed by atoms with Gasteiger partial charge in [0, 0.05) is 12.2 Å². The van der Waals surface area contributed by atoms with Crippen molar-refractivity contribution in [2.75, 3.05) is 26.1 Å². The molecule has 0 bridgehead atoms. The summed E-state index contributed by atoms with van der Waals surface area (Å²) in [5.74, 6) is 0.467. The molecule has 0 saturated carbocycles. The van der Waals surface area contributed by atoms with Gasteiger partial charge in [-0.05, 0) is 62.2 Å². The molecule has 0 spiro atoms. The lowest BCUT2D eigenvalue weighted by Gasteiger charge is -2.23. The van der Waals surface area contributed by atoms with Crippen molar-refractivity contribution >= 4 is 17.5 Å². The van der Waals surface area contributed by atoms with Crippen LogP contribution in [0.5, 0.6) is 11.5 Å². The molecule has 7 heteroatoms. The van der Waals surface area contributed by atoms with Crippen LogP contribution in [0.2, 0.25) is 0 Å². The maximum Gasteiger partial charge on any atom is 0.239 e. The molecule has 0 aliphatic rings. The van der Waals surface area contributed by atoms with E-state index in [1.165, 1.54) is 0 Å². The summed E-state index contributed by atoms with van der Waals surface area (Å²) in [6, 6.07) is 14.0. The predicted molar refractivity (Wildman–Crippen MR) is 110 cm³/mol. The van der Waals surface area contributed by atoms with Gasteiger partial charge in [-0.3, -0.25) is 9.59 Å². The van der Waals surface area contributed by atoms with Crippen LogP contribution in [0.1, 0.15) is 25.0 Å². The highest BCUT2D eigenvalue weighted by Gasteiger charge is 2.35. The fourth-order valence-corrected chi connectivity index (χ4v) is 2.60. The first kappa shape index (κ1) is 21.8. The van der Waals surface area contributed by atoms with E-state index in [0.29, 0.717) is 35.7 Å². The molecule has 29 heavy (non-hydrogen) atoms. The maximum atomic E-state index is 12.6. The Labute approximate surface area is 170 Å². The first-order valence-corrected chi connectivity index (χ1v) is 9.12. The molecule has 0 atom stereocenters. The summed E-state index contributed by atoms with van der Waals surface area (Å²) in [6.45, 7) is 3.51. The van der Waals surface area contributed by atoms with E-state index in [1.807, 2.05) is 24.3 Å². The molecule has 0 saturated heterocycles.